The van der Waals surface area contributed by atoms with Crippen molar-refractivity contribution in [2.45, 2.75) is 62.2 Å². The summed E-state index contributed by atoms with van der Waals surface area (Å²) in [5.74, 6) is 0. The first-order valence-electron chi connectivity index (χ1n) is 8.66. The molecule has 1 aromatic carbocycles. The first-order chi connectivity index (χ1) is 12.0. The average molecular weight is 396 g/mol. The summed E-state index contributed by atoms with van der Waals surface area (Å²) in [5, 5.41) is 1.72. The minimum absolute atomic E-state index is 0.0421. The predicted octanol–water partition coefficient (Wildman–Crippen LogP) is 6.06. The molecule has 1 fully saturated rings. The van der Waals surface area contributed by atoms with Crippen molar-refractivity contribution >= 4 is 56.2 Å². The van der Waals surface area contributed by atoms with Crippen LogP contribution < -0.4 is 0 Å². The van der Waals surface area contributed by atoms with Gasteiger partial charge in [0.2, 0.25) is 0 Å². The van der Waals surface area contributed by atoms with Gasteiger partial charge in [0.15, 0.2) is 10.2 Å². The molecule has 0 heterocycles. The van der Waals surface area contributed by atoms with Crippen molar-refractivity contribution in [2.24, 2.45) is 4.99 Å². The fraction of sp³-hybridized carbons (Fsp3) is 0.526. The number of nitrogens with zero attached hydrogens (tertiary/aromatic N) is 1. The molecule has 1 saturated carbocycles. The molecule has 136 valence electrons. The largest absolute Gasteiger partial charge is 0.288 e. The van der Waals surface area contributed by atoms with Crippen LogP contribution in [0.3, 0.4) is 0 Å². The number of benzene rings is 1. The van der Waals surface area contributed by atoms with Crippen LogP contribution >= 0.6 is 35.3 Å². The van der Waals surface area contributed by atoms with Crippen molar-refractivity contribution in [3.8, 4) is 0 Å². The molecule has 3 nitrogen and oxygen atoms in total. The van der Waals surface area contributed by atoms with Crippen LogP contribution in [0.5, 0.6) is 0 Å². The van der Waals surface area contributed by atoms with Gasteiger partial charge in [0, 0.05) is 25.5 Å². The third-order valence-electron chi connectivity index (χ3n) is 3.80. The molecule has 0 radical (unpaired) electrons. The topological polar surface area (TPSA) is 46.5 Å². The van der Waals surface area contributed by atoms with Crippen LogP contribution in [0, 0.1) is 0 Å². The highest BCUT2D eigenvalue weighted by Crippen LogP contribution is 2.35. The number of carbonyl (C=O) groups excluding carboxylic acids is 2. The number of aliphatic imine (C=N–C) groups is 1. The van der Waals surface area contributed by atoms with Crippen molar-refractivity contribution in [3.05, 3.63) is 30.3 Å². The Bertz CT molecular complexity index is 582. The summed E-state index contributed by atoms with van der Waals surface area (Å²) in [4.78, 5) is 28.0. The smallest absolute Gasteiger partial charge is 0.186 e. The molecule has 25 heavy (non-hydrogen) atoms. The molecular formula is C19H25NO2S3. The molecule has 0 bridgehead atoms. The maximum atomic E-state index is 11.6. The van der Waals surface area contributed by atoms with E-state index < -0.39 is 0 Å². The van der Waals surface area contributed by atoms with Crippen molar-refractivity contribution < 1.29 is 9.59 Å². The van der Waals surface area contributed by atoms with Gasteiger partial charge in [-0.2, -0.15) is 0 Å². The molecule has 0 atom stereocenters. The zero-order valence-corrected chi connectivity index (χ0v) is 17.2. The fourth-order valence-corrected chi connectivity index (χ4v) is 6.58. The van der Waals surface area contributed by atoms with E-state index in [1.807, 2.05) is 42.1 Å². The zero-order valence-electron chi connectivity index (χ0n) is 14.8. The summed E-state index contributed by atoms with van der Waals surface area (Å²) in [5.41, 5.74) is 0.931. The van der Waals surface area contributed by atoms with Crippen molar-refractivity contribution in [2.75, 3.05) is 0 Å². The van der Waals surface area contributed by atoms with Gasteiger partial charge in [-0.25, -0.2) is 4.99 Å². The molecule has 6 heteroatoms. The minimum atomic E-state index is -0.103. The number of thioether (sulfide) groups is 3. The number of rotatable bonds is 6. The summed E-state index contributed by atoms with van der Waals surface area (Å²) in [6, 6.07) is 9.92. The van der Waals surface area contributed by atoms with Gasteiger partial charge in [0.1, 0.15) is 0 Å². The van der Waals surface area contributed by atoms with E-state index >= 15 is 0 Å². The Morgan fingerprint density at radius 3 is 2.20 bits per heavy atom. The molecule has 1 aliphatic carbocycles. The first kappa shape index (κ1) is 20.6. The lowest BCUT2D eigenvalue weighted by atomic mass is 10.0. The van der Waals surface area contributed by atoms with E-state index in [1.54, 1.807) is 13.8 Å². The SMILES string of the molecule is CC(=O)SC(CC(=Nc1ccccc1)SC1CCCCC1)SC(C)=O. The van der Waals surface area contributed by atoms with Gasteiger partial charge in [-0.3, -0.25) is 9.59 Å². The average Bonchev–Trinajstić information content (AvgIpc) is 2.55. The van der Waals surface area contributed by atoms with Gasteiger partial charge in [0.25, 0.3) is 0 Å². The lowest BCUT2D eigenvalue weighted by molar-refractivity contribution is -0.109. The molecule has 0 spiro atoms. The van der Waals surface area contributed by atoms with Crippen LogP contribution in [0.25, 0.3) is 0 Å². The highest BCUT2D eigenvalue weighted by atomic mass is 32.2. The van der Waals surface area contributed by atoms with E-state index in [4.69, 9.17) is 4.99 Å². The highest BCUT2D eigenvalue weighted by Gasteiger charge is 2.22. The van der Waals surface area contributed by atoms with Crippen LogP contribution in [0.15, 0.2) is 35.3 Å². The first-order valence-corrected chi connectivity index (χ1v) is 11.3. The van der Waals surface area contributed by atoms with Gasteiger partial charge in [-0.1, -0.05) is 61.0 Å². The summed E-state index contributed by atoms with van der Waals surface area (Å²) in [6.07, 6.45) is 6.98. The summed E-state index contributed by atoms with van der Waals surface area (Å²) < 4.78 is -0.103. The third kappa shape index (κ3) is 8.47. The molecule has 0 aliphatic heterocycles. The highest BCUT2D eigenvalue weighted by molar-refractivity contribution is 8.29. The van der Waals surface area contributed by atoms with E-state index in [0.717, 1.165) is 10.7 Å². The molecule has 0 saturated heterocycles. The summed E-state index contributed by atoms with van der Waals surface area (Å²) in [7, 11) is 0. The monoisotopic (exact) mass is 395 g/mol. The lowest BCUT2D eigenvalue weighted by Crippen LogP contribution is -2.15. The van der Waals surface area contributed by atoms with Crippen LogP contribution in [-0.2, 0) is 9.59 Å². The Morgan fingerprint density at radius 1 is 1.04 bits per heavy atom. The van der Waals surface area contributed by atoms with E-state index in [2.05, 4.69) is 0 Å². The van der Waals surface area contributed by atoms with Gasteiger partial charge in [-0.15, -0.1) is 11.8 Å². The normalized spacial score (nSPS) is 16.2. The zero-order chi connectivity index (χ0) is 18.1. The van der Waals surface area contributed by atoms with E-state index in [-0.39, 0.29) is 14.8 Å². The summed E-state index contributed by atoms with van der Waals surface area (Å²) in [6.45, 7) is 3.11. The maximum absolute atomic E-state index is 11.6. The molecule has 0 unspecified atom stereocenters. The van der Waals surface area contributed by atoms with Gasteiger partial charge < -0.3 is 0 Å². The molecule has 0 amide bonds. The van der Waals surface area contributed by atoms with Gasteiger partial charge >= 0.3 is 0 Å². The van der Waals surface area contributed by atoms with Crippen molar-refractivity contribution in [1.82, 2.24) is 0 Å². The molecule has 1 aliphatic rings. The Morgan fingerprint density at radius 2 is 1.64 bits per heavy atom. The minimum Gasteiger partial charge on any atom is -0.288 e. The maximum Gasteiger partial charge on any atom is 0.186 e. The van der Waals surface area contributed by atoms with E-state index in [1.165, 1.54) is 55.6 Å². The Labute approximate surface area is 163 Å². The Hall–Kier alpha value is -0.720. The quantitative estimate of drug-likeness (QED) is 0.333. The standard InChI is InChI=1S/C19H25NO2S3/c1-14(21)23-19(24-15(2)22)13-18(20-16-9-5-3-6-10-16)25-17-11-7-4-8-12-17/h3,5-6,9-10,17,19H,4,7-8,11-13H2,1-2H3. The fourth-order valence-electron chi connectivity index (χ4n) is 2.76. The number of para-hydroxylation sites is 1. The van der Waals surface area contributed by atoms with Gasteiger partial charge in [-0.05, 0) is 25.0 Å². The van der Waals surface area contributed by atoms with Crippen molar-refractivity contribution in [3.63, 3.8) is 0 Å². The van der Waals surface area contributed by atoms with Gasteiger partial charge in [0.05, 0.1) is 15.3 Å². The van der Waals surface area contributed by atoms with E-state index in [0.29, 0.717) is 11.7 Å². The Kier molecular flexibility index (Phi) is 9.13. The second-order valence-electron chi connectivity index (χ2n) is 6.07. The molecule has 2 rings (SSSR count). The lowest BCUT2D eigenvalue weighted by Gasteiger charge is -2.23. The third-order valence-corrected chi connectivity index (χ3v) is 7.24. The second kappa shape index (κ2) is 11.1. The Balaban J connectivity index is 2.14. The van der Waals surface area contributed by atoms with Crippen LogP contribution in [0.4, 0.5) is 5.69 Å². The number of carbonyl (C=O) groups is 2. The molecule has 0 aromatic heterocycles. The number of hydrogen-bond donors (Lipinski definition) is 0. The second-order valence-corrected chi connectivity index (χ2v) is 10.5. The molecular weight excluding hydrogens is 370 g/mol. The predicted molar refractivity (Wildman–Crippen MR) is 113 cm³/mol. The van der Waals surface area contributed by atoms with Crippen molar-refractivity contribution in [1.29, 1.82) is 0 Å². The van der Waals surface area contributed by atoms with Crippen LogP contribution in [0.2, 0.25) is 0 Å². The van der Waals surface area contributed by atoms with E-state index in [9.17, 15) is 9.59 Å². The molecule has 1 aromatic rings. The van der Waals surface area contributed by atoms with Crippen LogP contribution in [0.1, 0.15) is 52.4 Å². The molecule has 0 N–H and O–H groups in total. The summed E-state index contributed by atoms with van der Waals surface area (Å²) >= 11 is 4.32. The number of hydrogen-bond acceptors (Lipinski definition) is 6. The van der Waals surface area contributed by atoms with Crippen LogP contribution in [-0.4, -0.2) is 25.1 Å².